The number of halogens is 2. The molecule has 2 aromatic carbocycles. The van der Waals surface area contributed by atoms with E-state index in [1.807, 2.05) is 0 Å². The van der Waals surface area contributed by atoms with Crippen LogP contribution in [0.3, 0.4) is 0 Å². The van der Waals surface area contributed by atoms with E-state index in [4.69, 9.17) is 11.6 Å². The third-order valence-electron chi connectivity index (χ3n) is 2.78. The predicted molar refractivity (Wildman–Crippen MR) is 85.3 cm³/mol. The van der Waals surface area contributed by atoms with E-state index in [0.29, 0.717) is 16.1 Å². The molecule has 0 radical (unpaired) electrons. The summed E-state index contributed by atoms with van der Waals surface area (Å²) < 4.78 is 0.853. The van der Waals surface area contributed by atoms with Crippen LogP contribution in [0.15, 0.2) is 42.5 Å². The number of benzene rings is 2. The molecular formula is C14H9ClINO3. The molecule has 0 spiro atoms. The lowest BCUT2D eigenvalue weighted by atomic mass is 10.0. The van der Waals surface area contributed by atoms with Crippen LogP contribution >= 0.6 is 34.2 Å². The van der Waals surface area contributed by atoms with Crippen molar-refractivity contribution in [2.75, 3.05) is 0 Å². The molecule has 20 heavy (non-hydrogen) atoms. The third-order valence-corrected chi connectivity index (χ3v) is 4.35. The number of rotatable bonds is 4. The van der Waals surface area contributed by atoms with E-state index in [1.165, 1.54) is 6.07 Å². The Hall–Kier alpha value is -1.47. The fraction of sp³-hybridized carbons (Fsp3) is 0.0714. The molecule has 0 aliphatic heterocycles. The van der Waals surface area contributed by atoms with Crippen molar-refractivity contribution in [2.45, 2.75) is 6.42 Å². The average Bonchev–Trinajstić information content (AvgIpc) is 2.42. The summed E-state index contributed by atoms with van der Waals surface area (Å²) in [5.41, 5.74) is 0.809. The third kappa shape index (κ3) is 3.34. The van der Waals surface area contributed by atoms with Gasteiger partial charge in [-0.15, -0.1) is 0 Å². The van der Waals surface area contributed by atoms with Gasteiger partial charge in [-0.25, -0.2) is 0 Å². The molecule has 0 heterocycles. The number of para-hydroxylation sites is 1. The van der Waals surface area contributed by atoms with Crippen LogP contribution < -0.4 is 0 Å². The normalized spacial score (nSPS) is 10.3. The highest BCUT2D eigenvalue weighted by atomic mass is 127. The van der Waals surface area contributed by atoms with Gasteiger partial charge in [-0.2, -0.15) is 0 Å². The molecule has 0 amide bonds. The lowest BCUT2D eigenvalue weighted by Crippen LogP contribution is -2.06. The summed E-state index contributed by atoms with van der Waals surface area (Å²) in [6, 6.07) is 11.2. The zero-order valence-corrected chi connectivity index (χ0v) is 13.1. The second-order valence-corrected chi connectivity index (χ2v) is 5.68. The standard InChI is InChI=1S/C14H9ClINO3/c15-11-7-10(5-6-12(11)16)14(18)8-9-3-1-2-4-13(9)17(19)20/h1-7H,8H2. The highest BCUT2D eigenvalue weighted by Gasteiger charge is 2.16. The first kappa shape index (κ1) is 14.9. The topological polar surface area (TPSA) is 60.2 Å². The molecule has 0 aromatic heterocycles. The number of carbonyl (C=O) groups excluding carboxylic acids is 1. The summed E-state index contributed by atoms with van der Waals surface area (Å²) >= 11 is 8.04. The molecule has 2 aromatic rings. The number of nitro groups is 1. The first-order chi connectivity index (χ1) is 9.49. The average molecular weight is 402 g/mol. The van der Waals surface area contributed by atoms with Crippen molar-refractivity contribution >= 4 is 45.7 Å². The van der Waals surface area contributed by atoms with Gasteiger partial charge in [-0.1, -0.05) is 35.9 Å². The summed E-state index contributed by atoms with van der Waals surface area (Å²) in [4.78, 5) is 22.6. The monoisotopic (exact) mass is 401 g/mol. The Labute approximate surface area is 134 Å². The molecule has 0 aliphatic rings. The van der Waals surface area contributed by atoms with Gasteiger partial charge >= 0.3 is 0 Å². The fourth-order valence-electron chi connectivity index (χ4n) is 1.78. The Kier molecular flexibility index (Phi) is 4.72. The van der Waals surface area contributed by atoms with Gasteiger partial charge in [0.1, 0.15) is 0 Å². The highest BCUT2D eigenvalue weighted by molar-refractivity contribution is 14.1. The summed E-state index contributed by atoms with van der Waals surface area (Å²) in [6.45, 7) is 0. The van der Waals surface area contributed by atoms with Crippen molar-refractivity contribution in [1.29, 1.82) is 0 Å². The van der Waals surface area contributed by atoms with Crippen LogP contribution in [0.4, 0.5) is 5.69 Å². The van der Waals surface area contributed by atoms with E-state index in [0.717, 1.165) is 3.57 Å². The number of nitrogens with zero attached hydrogens (tertiary/aromatic N) is 1. The lowest BCUT2D eigenvalue weighted by Gasteiger charge is -2.04. The van der Waals surface area contributed by atoms with E-state index in [-0.39, 0.29) is 17.9 Å². The molecule has 0 aliphatic carbocycles. The Morgan fingerprint density at radius 3 is 2.60 bits per heavy atom. The summed E-state index contributed by atoms with van der Waals surface area (Å²) in [5.74, 6) is -0.197. The van der Waals surface area contributed by atoms with Gasteiger partial charge in [0.05, 0.1) is 9.95 Å². The molecule has 0 N–H and O–H groups in total. The van der Waals surface area contributed by atoms with Crippen molar-refractivity contribution in [3.05, 3.63) is 72.3 Å². The maximum atomic E-state index is 12.2. The van der Waals surface area contributed by atoms with Gasteiger partial charge in [-0.3, -0.25) is 14.9 Å². The molecule has 0 atom stereocenters. The van der Waals surface area contributed by atoms with E-state index in [9.17, 15) is 14.9 Å². The largest absolute Gasteiger partial charge is 0.294 e. The predicted octanol–water partition coefficient (Wildman–Crippen LogP) is 4.28. The quantitative estimate of drug-likeness (QED) is 0.332. The number of hydrogen-bond acceptors (Lipinski definition) is 3. The SMILES string of the molecule is O=C(Cc1ccccc1[N+](=O)[O-])c1ccc(I)c(Cl)c1. The van der Waals surface area contributed by atoms with Crippen LogP contribution in [0.1, 0.15) is 15.9 Å². The van der Waals surface area contributed by atoms with Crippen molar-refractivity contribution in [2.24, 2.45) is 0 Å². The van der Waals surface area contributed by atoms with Gasteiger partial charge in [0, 0.05) is 27.2 Å². The number of hydrogen-bond donors (Lipinski definition) is 0. The number of ketones is 1. The first-order valence-corrected chi connectivity index (χ1v) is 7.15. The first-order valence-electron chi connectivity index (χ1n) is 5.69. The van der Waals surface area contributed by atoms with Crippen LogP contribution in [-0.4, -0.2) is 10.7 Å². The Balaban J connectivity index is 2.28. The minimum atomic E-state index is -0.483. The Morgan fingerprint density at radius 2 is 1.95 bits per heavy atom. The maximum Gasteiger partial charge on any atom is 0.273 e. The van der Waals surface area contributed by atoms with Gasteiger partial charge in [0.2, 0.25) is 0 Å². The molecule has 102 valence electrons. The van der Waals surface area contributed by atoms with Gasteiger partial charge in [0.25, 0.3) is 5.69 Å². The van der Waals surface area contributed by atoms with E-state index in [2.05, 4.69) is 22.6 Å². The van der Waals surface area contributed by atoms with Crippen LogP contribution in [0, 0.1) is 13.7 Å². The van der Waals surface area contributed by atoms with Gasteiger partial charge < -0.3 is 0 Å². The summed E-state index contributed by atoms with van der Waals surface area (Å²) in [6.07, 6.45) is -0.0198. The van der Waals surface area contributed by atoms with Crippen LogP contribution in [0.5, 0.6) is 0 Å². The Bertz CT molecular complexity index is 688. The molecule has 0 saturated heterocycles. The smallest absolute Gasteiger partial charge is 0.273 e. The fourth-order valence-corrected chi connectivity index (χ4v) is 2.30. The van der Waals surface area contributed by atoms with Crippen molar-refractivity contribution in [1.82, 2.24) is 0 Å². The minimum Gasteiger partial charge on any atom is -0.294 e. The van der Waals surface area contributed by atoms with Crippen LogP contribution in [0.25, 0.3) is 0 Å². The second kappa shape index (κ2) is 6.32. The zero-order valence-electron chi connectivity index (χ0n) is 10.2. The summed E-state index contributed by atoms with van der Waals surface area (Å²) in [7, 11) is 0. The molecule has 2 rings (SSSR count). The molecule has 0 bridgehead atoms. The molecule has 0 fully saturated rings. The molecule has 4 nitrogen and oxygen atoms in total. The van der Waals surface area contributed by atoms with Crippen molar-refractivity contribution < 1.29 is 9.72 Å². The maximum absolute atomic E-state index is 12.2. The van der Waals surface area contributed by atoms with Gasteiger partial charge in [-0.05, 0) is 34.7 Å². The number of Topliss-reactive ketones (excluding diaryl/α,β-unsaturated/α-hetero) is 1. The molecule has 0 saturated carbocycles. The van der Waals surface area contributed by atoms with Crippen molar-refractivity contribution in [3.8, 4) is 0 Å². The number of carbonyl (C=O) groups is 1. The Morgan fingerprint density at radius 1 is 1.25 bits per heavy atom. The second-order valence-electron chi connectivity index (χ2n) is 4.11. The molecule has 6 heteroatoms. The zero-order chi connectivity index (χ0) is 14.7. The van der Waals surface area contributed by atoms with Crippen LogP contribution in [0.2, 0.25) is 5.02 Å². The van der Waals surface area contributed by atoms with E-state index >= 15 is 0 Å². The lowest BCUT2D eigenvalue weighted by molar-refractivity contribution is -0.385. The molecular weight excluding hydrogens is 393 g/mol. The van der Waals surface area contributed by atoms with Crippen molar-refractivity contribution in [3.63, 3.8) is 0 Å². The summed E-state index contributed by atoms with van der Waals surface area (Å²) in [5, 5.41) is 11.4. The van der Waals surface area contributed by atoms with Gasteiger partial charge in [0.15, 0.2) is 5.78 Å². The minimum absolute atomic E-state index is 0.0198. The highest BCUT2D eigenvalue weighted by Crippen LogP contribution is 2.23. The molecule has 0 unspecified atom stereocenters. The van der Waals surface area contributed by atoms with Crippen LogP contribution in [-0.2, 0) is 6.42 Å². The van der Waals surface area contributed by atoms with E-state index in [1.54, 1.807) is 36.4 Å². The van der Waals surface area contributed by atoms with E-state index < -0.39 is 4.92 Å². The number of nitro benzene ring substituents is 1.